The summed E-state index contributed by atoms with van der Waals surface area (Å²) in [5.41, 5.74) is 2.46. The van der Waals surface area contributed by atoms with Gasteiger partial charge in [0.05, 0.1) is 5.02 Å². The average molecular weight is 278 g/mol. The quantitative estimate of drug-likeness (QED) is 0.845. The van der Waals surface area contributed by atoms with E-state index >= 15 is 0 Å². The third-order valence-corrected chi connectivity index (χ3v) is 3.06. The number of Topliss-reactive ketones (excluding diaryl/α,β-unsaturated/α-hetero) is 1. The van der Waals surface area contributed by atoms with Gasteiger partial charge in [-0.15, -0.1) is 0 Å². The standard InChI is InChI=1S/C15H13ClFNO/c1-10(19)12-3-5-13(6-4-12)18-9-11-2-7-15(17)14(16)8-11/h2-8,18H,9H2,1H3. The van der Waals surface area contributed by atoms with Crippen LogP contribution in [0.4, 0.5) is 10.1 Å². The number of carbonyl (C=O) groups is 1. The molecule has 0 bridgehead atoms. The van der Waals surface area contributed by atoms with Gasteiger partial charge in [-0.05, 0) is 48.9 Å². The molecule has 0 aliphatic rings. The zero-order valence-corrected chi connectivity index (χ0v) is 11.2. The summed E-state index contributed by atoms with van der Waals surface area (Å²) in [5.74, 6) is -0.381. The summed E-state index contributed by atoms with van der Waals surface area (Å²) in [4.78, 5) is 11.1. The Morgan fingerprint density at radius 2 is 1.89 bits per heavy atom. The lowest BCUT2D eigenvalue weighted by molar-refractivity contribution is 0.101. The molecule has 2 aromatic rings. The van der Waals surface area contributed by atoms with Crippen LogP contribution in [-0.4, -0.2) is 5.78 Å². The molecule has 0 fully saturated rings. The lowest BCUT2D eigenvalue weighted by Gasteiger charge is -2.07. The Balaban J connectivity index is 2.01. The molecule has 19 heavy (non-hydrogen) atoms. The van der Waals surface area contributed by atoms with E-state index in [1.165, 1.54) is 13.0 Å². The van der Waals surface area contributed by atoms with Crippen LogP contribution in [0.2, 0.25) is 5.02 Å². The molecular weight excluding hydrogens is 265 g/mol. The number of anilines is 1. The van der Waals surface area contributed by atoms with E-state index in [-0.39, 0.29) is 10.8 Å². The van der Waals surface area contributed by atoms with Gasteiger partial charge < -0.3 is 5.32 Å². The number of nitrogens with one attached hydrogen (secondary N) is 1. The van der Waals surface area contributed by atoms with Crippen molar-refractivity contribution < 1.29 is 9.18 Å². The van der Waals surface area contributed by atoms with Crippen molar-refractivity contribution in [1.82, 2.24) is 0 Å². The molecule has 4 heteroatoms. The Labute approximate surface area is 116 Å². The SMILES string of the molecule is CC(=O)c1ccc(NCc2ccc(F)c(Cl)c2)cc1. The Hall–Kier alpha value is -1.87. The van der Waals surface area contributed by atoms with E-state index in [1.807, 2.05) is 12.1 Å². The molecule has 0 unspecified atom stereocenters. The zero-order valence-electron chi connectivity index (χ0n) is 10.4. The van der Waals surface area contributed by atoms with Gasteiger partial charge in [0.1, 0.15) is 5.82 Å². The van der Waals surface area contributed by atoms with Crippen molar-refractivity contribution in [3.8, 4) is 0 Å². The summed E-state index contributed by atoms with van der Waals surface area (Å²) < 4.78 is 13.0. The number of hydrogen-bond acceptors (Lipinski definition) is 2. The lowest BCUT2D eigenvalue weighted by atomic mass is 10.1. The molecule has 2 nitrogen and oxygen atoms in total. The van der Waals surface area contributed by atoms with Gasteiger partial charge in [-0.3, -0.25) is 4.79 Å². The molecule has 0 saturated heterocycles. The van der Waals surface area contributed by atoms with Crippen LogP contribution in [0.15, 0.2) is 42.5 Å². The van der Waals surface area contributed by atoms with Crippen LogP contribution in [-0.2, 0) is 6.54 Å². The van der Waals surface area contributed by atoms with Gasteiger partial charge in [-0.25, -0.2) is 4.39 Å². The fourth-order valence-electron chi connectivity index (χ4n) is 1.68. The minimum atomic E-state index is -0.420. The van der Waals surface area contributed by atoms with E-state index in [9.17, 15) is 9.18 Å². The van der Waals surface area contributed by atoms with E-state index in [1.54, 1.807) is 24.3 Å². The van der Waals surface area contributed by atoms with Gasteiger partial charge in [0.2, 0.25) is 0 Å². The van der Waals surface area contributed by atoms with Crippen molar-refractivity contribution in [1.29, 1.82) is 0 Å². The molecule has 0 aliphatic heterocycles. The fraction of sp³-hybridized carbons (Fsp3) is 0.133. The van der Waals surface area contributed by atoms with Gasteiger partial charge >= 0.3 is 0 Å². The molecule has 2 rings (SSSR count). The van der Waals surface area contributed by atoms with Gasteiger partial charge in [-0.2, -0.15) is 0 Å². The van der Waals surface area contributed by atoms with Gasteiger partial charge in [0, 0.05) is 17.8 Å². The Kier molecular flexibility index (Phi) is 4.17. The van der Waals surface area contributed by atoms with E-state index in [0.717, 1.165) is 11.3 Å². The Morgan fingerprint density at radius 1 is 1.21 bits per heavy atom. The number of carbonyl (C=O) groups excluding carboxylic acids is 1. The van der Waals surface area contributed by atoms with Crippen LogP contribution in [0, 0.1) is 5.82 Å². The van der Waals surface area contributed by atoms with E-state index in [4.69, 9.17) is 11.6 Å². The summed E-state index contributed by atoms with van der Waals surface area (Å²) in [6, 6.07) is 11.8. The van der Waals surface area contributed by atoms with Crippen LogP contribution in [0.25, 0.3) is 0 Å². The topological polar surface area (TPSA) is 29.1 Å². The van der Waals surface area contributed by atoms with Crippen molar-refractivity contribution in [2.24, 2.45) is 0 Å². The summed E-state index contributed by atoms with van der Waals surface area (Å²) in [6.45, 7) is 2.07. The van der Waals surface area contributed by atoms with Crippen molar-refractivity contribution in [2.45, 2.75) is 13.5 Å². The smallest absolute Gasteiger partial charge is 0.159 e. The largest absolute Gasteiger partial charge is 0.381 e. The van der Waals surface area contributed by atoms with Crippen LogP contribution in [0.5, 0.6) is 0 Å². The van der Waals surface area contributed by atoms with Gasteiger partial charge in [0.25, 0.3) is 0 Å². The highest BCUT2D eigenvalue weighted by molar-refractivity contribution is 6.30. The van der Waals surface area contributed by atoms with Crippen LogP contribution in [0.3, 0.4) is 0 Å². The Morgan fingerprint density at radius 3 is 2.47 bits per heavy atom. The molecule has 0 radical (unpaired) electrons. The maximum absolute atomic E-state index is 13.0. The normalized spacial score (nSPS) is 10.3. The number of halogens is 2. The first-order valence-electron chi connectivity index (χ1n) is 5.85. The lowest BCUT2D eigenvalue weighted by Crippen LogP contribution is -2.00. The molecule has 0 amide bonds. The Bertz CT molecular complexity index is 596. The maximum atomic E-state index is 13.0. The predicted octanol–water partition coefficient (Wildman–Crippen LogP) is 4.29. The molecule has 0 aliphatic carbocycles. The minimum Gasteiger partial charge on any atom is -0.381 e. The zero-order chi connectivity index (χ0) is 13.8. The first kappa shape index (κ1) is 13.6. The van der Waals surface area contributed by atoms with Crippen LogP contribution >= 0.6 is 11.6 Å². The predicted molar refractivity (Wildman–Crippen MR) is 75.2 cm³/mol. The number of rotatable bonds is 4. The number of hydrogen-bond donors (Lipinski definition) is 1. The second-order valence-corrected chi connectivity index (χ2v) is 4.64. The first-order valence-corrected chi connectivity index (χ1v) is 6.23. The van der Waals surface area contributed by atoms with Crippen molar-refractivity contribution in [3.63, 3.8) is 0 Å². The first-order chi connectivity index (χ1) is 9.06. The third kappa shape index (κ3) is 3.55. The van der Waals surface area contributed by atoms with Crippen molar-refractivity contribution in [3.05, 3.63) is 64.4 Å². The number of benzene rings is 2. The van der Waals surface area contributed by atoms with Crippen molar-refractivity contribution >= 4 is 23.1 Å². The van der Waals surface area contributed by atoms with Gasteiger partial charge in [0.15, 0.2) is 5.78 Å². The van der Waals surface area contributed by atoms with E-state index in [2.05, 4.69) is 5.32 Å². The molecule has 0 aromatic heterocycles. The summed E-state index contributed by atoms with van der Waals surface area (Å²) in [7, 11) is 0. The molecule has 0 atom stereocenters. The van der Waals surface area contributed by atoms with E-state index < -0.39 is 5.82 Å². The molecule has 0 spiro atoms. The highest BCUT2D eigenvalue weighted by Gasteiger charge is 2.02. The van der Waals surface area contributed by atoms with Crippen LogP contribution < -0.4 is 5.32 Å². The average Bonchev–Trinajstić information content (AvgIpc) is 2.40. The summed E-state index contributed by atoms with van der Waals surface area (Å²) in [5, 5.41) is 3.30. The maximum Gasteiger partial charge on any atom is 0.159 e. The fourth-order valence-corrected chi connectivity index (χ4v) is 1.88. The molecule has 2 aromatic carbocycles. The molecule has 0 saturated carbocycles. The summed E-state index contributed by atoms with van der Waals surface area (Å²) >= 11 is 5.71. The van der Waals surface area contributed by atoms with E-state index in [0.29, 0.717) is 12.1 Å². The highest BCUT2D eigenvalue weighted by atomic mass is 35.5. The van der Waals surface area contributed by atoms with Gasteiger partial charge in [-0.1, -0.05) is 17.7 Å². The second kappa shape index (κ2) is 5.85. The second-order valence-electron chi connectivity index (χ2n) is 4.24. The molecular formula is C15H13ClFNO. The highest BCUT2D eigenvalue weighted by Crippen LogP contribution is 2.17. The number of ketones is 1. The van der Waals surface area contributed by atoms with Crippen LogP contribution in [0.1, 0.15) is 22.8 Å². The third-order valence-electron chi connectivity index (χ3n) is 2.77. The molecule has 0 heterocycles. The monoisotopic (exact) mass is 277 g/mol. The molecule has 98 valence electrons. The minimum absolute atomic E-state index is 0.0388. The van der Waals surface area contributed by atoms with Crippen molar-refractivity contribution in [2.75, 3.05) is 5.32 Å². The summed E-state index contributed by atoms with van der Waals surface area (Å²) in [6.07, 6.45) is 0. The molecule has 1 N–H and O–H groups in total.